The Morgan fingerprint density at radius 1 is 1.27 bits per heavy atom. The summed E-state index contributed by atoms with van der Waals surface area (Å²) in [6.07, 6.45) is 1.75. The standard InChI is InChI=1S/C18H16N2O5S/c21-17(19-13-5-7-26(23,24)10-13)14-8-11-3-4-12(16-2-1-6-25-16)9-15(11)20-18(14)22/h1-9,13,17,19,21H,10H2,(H,20,22)/t13-,17?/m1/s1. The molecule has 3 aromatic rings. The molecule has 1 aliphatic heterocycles. The van der Waals surface area contributed by atoms with Gasteiger partial charge in [-0.1, -0.05) is 18.2 Å². The molecule has 1 aliphatic rings. The molecule has 134 valence electrons. The number of benzene rings is 1. The maximum Gasteiger partial charge on any atom is 0.255 e. The second kappa shape index (κ2) is 6.24. The lowest BCUT2D eigenvalue weighted by atomic mass is 10.1. The zero-order valence-electron chi connectivity index (χ0n) is 13.5. The highest BCUT2D eigenvalue weighted by Crippen LogP contribution is 2.24. The number of hydrogen-bond donors (Lipinski definition) is 3. The van der Waals surface area contributed by atoms with E-state index in [4.69, 9.17) is 4.42 Å². The van der Waals surface area contributed by atoms with Gasteiger partial charge < -0.3 is 14.5 Å². The Labute approximate surface area is 148 Å². The van der Waals surface area contributed by atoms with Gasteiger partial charge >= 0.3 is 0 Å². The Balaban J connectivity index is 1.64. The molecule has 1 unspecified atom stereocenters. The Morgan fingerprint density at radius 3 is 2.81 bits per heavy atom. The van der Waals surface area contributed by atoms with Gasteiger partial charge in [0.15, 0.2) is 9.84 Å². The van der Waals surface area contributed by atoms with E-state index in [9.17, 15) is 18.3 Å². The van der Waals surface area contributed by atoms with Crippen molar-refractivity contribution in [3.8, 4) is 11.3 Å². The number of sulfone groups is 1. The van der Waals surface area contributed by atoms with Gasteiger partial charge in [0.25, 0.3) is 5.56 Å². The van der Waals surface area contributed by atoms with Crippen molar-refractivity contribution in [1.82, 2.24) is 10.3 Å². The molecule has 2 aromatic heterocycles. The largest absolute Gasteiger partial charge is 0.464 e. The van der Waals surface area contributed by atoms with Crippen LogP contribution >= 0.6 is 0 Å². The summed E-state index contributed by atoms with van der Waals surface area (Å²) in [5.74, 6) is 0.551. The molecule has 0 bridgehead atoms. The van der Waals surface area contributed by atoms with Crippen LogP contribution < -0.4 is 10.9 Å². The Hall–Kier alpha value is -2.68. The van der Waals surface area contributed by atoms with Crippen molar-refractivity contribution in [3.63, 3.8) is 0 Å². The lowest BCUT2D eigenvalue weighted by molar-refractivity contribution is 0.132. The minimum atomic E-state index is -3.24. The molecule has 1 aromatic carbocycles. The Morgan fingerprint density at radius 2 is 2.12 bits per heavy atom. The molecule has 0 amide bonds. The highest BCUT2D eigenvalue weighted by molar-refractivity contribution is 7.94. The zero-order chi connectivity index (χ0) is 18.3. The minimum Gasteiger partial charge on any atom is -0.464 e. The van der Waals surface area contributed by atoms with E-state index in [1.54, 1.807) is 24.5 Å². The van der Waals surface area contributed by atoms with E-state index in [1.165, 1.54) is 6.08 Å². The molecule has 0 fully saturated rings. The summed E-state index contributed by atoms with van der Waals surface area (Å²) in [7, 11) is -3.24. The molecule has 0 aliphatic carbocycles. The Bertz CT molecular complexity index is 1150. The fourth-order valence-corrected chi connectivity index (χ4v) is 4.24. The van der Waals surface area contributed by atoms with Crippen molar-refractivity contribution in [2.75, 3.05) is 5.75 Å². The topological polar surface area (TPSA) is 112 Å². The molecule has 0 spiro atoms. The first-order chi connectivity index (χ1) is 12.4. The summed E-state index contributed by atoms with van der Waals surface area (Å²) in [5, 5.41) is 14.9. The molecular formula is C18H16N2O5S. The fraction of sp³-hybridized carbons (Fsp3) is 0.167. The van der Waals surface area contributed by atoms with E-state index >= 15 is 0 Å². The van der Waals surface area contributed by atoms with Crippen molar-refractivity contribution in [2.24, 2.45) is 0 Å². The van der Waals surface area contributed by atoms with Gasteiger partial charge in [0, 0.05) is 22.5 Å². The molecule has 3 N–H and O–H groups in total. The maximum absolute atomic E-state index is 12.4. The van der Waals surface area contributed by atoms with Crippen LogP contribution in [0.5, 0.6) is 0 Å². The van der Waals surface area contributed by atoms with E-state index in [-0.39, 0.29) is 11.3 Å². The van der Waals surface area contributed by atoms with Crippen molar-refractivity contribution in [2.45, 2.75) is 12.3 Å². The molecular weight excluding hydrogens is 356 g/mol. The molecule has 7 nitrogen and oxygen atoms in total. The zero-order valence-corrected chi connectivity index (χ0v) is 14.4. The van der Waals surface area contributed by atoms with Crippen molar-refractivity contribution < 1.29 is 17.9 Å². The molecule has 3 heterocycles. The molecule has 0 radical (unpaired) electrons. The SMILES string of the molecule is O=c1[nH]c2cc(-c3ccco3)ccc2cc1C(O)N[C@@H]1C=CS(=O)(=O)C1. The summed E-state index contributed by atoms with van der Waals surface area (Å²) in [6, 6.07) is 10.1. The molecule has 0 saturated heterocycles. The van der Waals surface area contributed by atoms with Crippen LogP contribution in [0.15, 0.2) is 63.4 Å². The van der Waals surface area contributed by atoms with Crippen molar-refractivity contribution in [1.29, 1.82) is 0 Å². The third-order valence-electron chi connectivity index (χ3n) is 4.28. The number of nitrogens with one attached hydrogen (secondary N) is 2. The number of H-pyrrole nitrogens is 1. The van der Waals surface area contributed by atoms with Gasteiger partial charge in [0.05, 0.1) is 17.6 Å². The average molecular weight is 372 g/mol. The van der Waals surface area contributed by atoms with E-state index in [0.29, 0.717) is 11.3 Å². The number of aromatic amines is 1. The number of hydrogen-bond acceptors (Lipinski definition) is 6. The van der Waals surface area contributed by atoms with Crippen LogP contribution in [0.4, 0.5) is 0 Å². The van der Waals surface area contributed by atoms with Gasteiger partial charge in [0.1, 0.15) is 12.0 Å². The average Bonchev–Trinajstić information content (AvgIpc) is 3.23. The van der Waals surface area contributed by atoms with Gasteiger partial charge in [-0.25, -0.2) is 8.42 Å². The van der Waals surface area contributed by atoms with Crippen LogP contribution in [0.2, 0.25) is 0 Å². The smallest absolute Gasteiger partial charge is 0.255 e. The van der Waals surface area contributed by atoms with Gasteiger partial charge in [-0.3, -0.25) is 10.1 Å². The van der Waals surface area contributed by atoms with Gasteiger partial charge in [-0.2, -0.15) is 0 Å². The van der Waals surface area contributed by atoms with Gasteiger partial charge in [0.2, 0.25) is 0 Å². The predicted molar refractivity (Wildman–Crippen MR) is 97.1 cm³/mol. The van der Waals surface area contributed by atoms with Crippen LogP contribution in [-0.4, -0.2) is 30.3 Å². The predicted octanol–water partition coefficient (Wildman–Crippen LogP) is 1.68. The van der Waals surface area contributed by atoms with Crippen LogP contribution in [-0.2, 0) is 9.84 Å². The number of fused-ring (bicyclic) bond motifs is 1. The molecule has 2 atom stereocenters. The molecule has 26 heavy (non-hydrogen) atoms. The molecule has 0 saturated carbocycles. The molecule has 8 heteroatoms. The summed E-state index contributed by atoms with van der Waals surface area (Å²) >= 11 is 0. The van der Waals surface area contributed by atoms with Crippen LogP contribution in [0.3, 0.4) is 0 Å². The quantitative estimate of drug-likeness (QED) is 0.601. The normalized spacial score (nSPS) is 19.8. The number of aliphatic hydroxyl groups is 1. The summed E-state index contributed by atoms with van der Waals surface area (Å²) in [5.41, 5.74) is 1.12. The highest BCUT2D eigenvalue weighted by Gasteiger charge is 2.24. The van der Waals surface area contributed by atoms with Gasteiger partial charge in [-0.15, -0.1) is 0 Å². The van der Waals surface area contributed by atoms with Crippen LogP contribution in [0.1, 0.15) is 11.8 Å². The lowest BCUT2D eigenvalue weighted by Crippen LogP contribution is -2.36. The van der Waals surface area contributed by atoms with E-state index in [1.807, 2.05) is 18.2 Å². The fourth-order valence-electron chi connectivity index (χ4n) is 2.99. The summed E-state index contributed by atoms with van der Waals surface area (Å²) < 4.78 is 28.2. The first-order valence-corrected chi connectivity index (χ1v) is 9.69. The number of aliphatic hydroxyl groups excluding tert-OH is 1. The third-order valence-corrected chi connectivity index (χ3v) is 5.67. The van der Waals surface area contributed by atoms with Crippen LogP contribution in [0.25, 0.3) is 22.2 Å². The monoisotopic (exact) mass is 372 g/mol. The second-order valence-corrected chi connectivity index (χ2v) is 8.10. The maximum atomic E-state index is 12.4. The summed E-state index contributed by atoms with van der Waals surface area (Å²) in [4.78, 5) is 15.1. The first-order valence-electron chi connectivity index (χ1n) is 7.97. The Kier molecular flexibility index (Phi) is 4.03. The van der Waals surface area contributed by atoms with E-state index in [2.05, 4.69) is 10.3 Å². The van der Waals surface area contributed by atoms with Gasteiger partial charge in [-0.05, 0) is 29.7 Å². The molecule has 4 rings (SSSR count). The number of furan rings is 1. The van der Waals surface area contributed by atoms with E-state index < -0.39 is 27.7 Å². The van der Waals surface area contributed by atoms with Crippen molar-refractivity contribution in [3.05, 3.63) is 70.1 Å². The third kappa shape index (κ3) is 3.22. The lowest BCUT2D eigenvalue weighted by Gasteiger charge is -2.16. The summed E-state index contributed by atoms with van der Waals surface area (Å²) in [6.45, 7) is 0. The number of aromatic nitrogens is 1. The second-order valence-electron chi connectivity index (χ2n) is 6.17. The van der Waals surface area contributed by atoms with Crippen LogP contribution in [0, 0.1) is 0 Å². The minimum absolute atomic E-state index is 0.126. The highest BCUT2D eigenvalue weighted by atomic mass is 32.2. The van der Waals surface area contributed by atoms with E-state index in [0.717, 1.165) is 16.4 Å². The number of rotatable bonds is 4. The first kappa shape index (κ1) is 16.8. The van der Waals surface area contributed by atoms with Crippen molar-refractivity contribution >= 4 is 20.7 Å². The number of pyridine rings is 1.